The van der Waals surface area contributed by atoms with Gasteiger partial charge in [-0.25, -0.2) is 0 Å². The first-order valence-electron chi connectivity index (χ1n) is 6.92. The van der Waals surface area contributed by atoms with E-state index in [0.29, 0.717) is 11.0 Å². The number of aryl methyl sites for hydroxylation is 1. The standard InChI is InChI=1S/C17H19ClN2S/c1-12-8-9-15(10-16(12)18)20-17(21)19-11-13(2)14-6-4-3-5-7-14/h3-10,13H,11H2,1-2H3,(H2,19,20,21)/t13-/m1/s1. The number of hydrogen-bond acceptors (Lipinski definition) is 1. The molecule has 0 aliphatic heterocycles. The van der Waals surface area contributed by atoms with Gasteiger partial charge < -0.3 is 10.6 Å². The quantitative estimate of drug-likeness (QED) is 0.796. The molecule has 0 unspecified atom stereocenters. The number of anilines is 1. The summed E-state index contributed by atoms with van der Waals surface area (Å²) in [6.07, 6.45) is 0. The molecule has 0 bridgehead atoms. The molecule has 4 heteroatoms. The van der Waals surface area contributed by atoms with Crippen LogP contribution < -0.4 is 10.6 Å². The Morgan fingerprint density at radius 1 is 1.19 bits per heavy atom. The lowest BCUT2D eigenvalue weighted by Gasteiger charge is -2.16. The van der Waals surface area contributed by atoms with Crippen LogP contribution in [0.3, 0.4) is 0 Å². The number of thiocarbonyl (C=S) groups is 1. The molecule has 110 valence electrons. The van der Waals surface area contributed by atoms with Gasteiger partial charge in [-0.3, -0.25) is 0 Å². The summed E-state index contributed by atoms with van der Waals surface area (Å²) in [4.78, 5) is 0. The molecule has 21 heavy (non-hydrogen) atoms. The van der Waals surface area contributed by atoms with Gasteiger partial charge in [0.15, 0.2) is 5.11 Å². The van der Waals surface area contributed by atoms with Gasteiger partial charge in [-0.05, 0) is 48.3 Å². The van der Waals surface area contributed by atoms with Gasteiger partial charge in [-0.1, -0.05) is 54.9 Å². The second-order valence-corrected chi connectivity index (χ2v) is 5.93. The van der Waals surface area contributed by atoms with Crippen molar-refractivity contribution in [2.24, 2.45) is 0 Å². The Bertz CT molecular complexity index is 613. The van der Waals surface area contributed by atoms with Gasteiger partial charge in [0.25, 0.3) is 0 Å². The van der Waals surface area contributed by atoms with Gasteiger partial charge in [0.1, 0.15) is 0 Å². The Hall–Kier alpha value is -1.58. The summed E-state index contributed by atoms with van der Waals surface area (Å²) in [5, 5.41) is 7.74. The van der Waals surface area contributed by atoms with Crippen LogP contribution in [0.4, 0.5) is 5.69 Å². The molecular weight excluding hydrogens is 300 g/mol. The Kier molecular flexibility index (Phi) is 5.59. The molecule has 0 aromatic heterocycles. The Morgan fingerprint density at radius 3 is 2.57 bits per heavy atom. The van der Waals surface area contributed by atoms with Crippen molar-refractivity contribution in [3.8, 4) is 0 Å². The van der Waals surface area contributed by atoms with E-state index in [1.165, 1.54) is 5.56 Å². The lowest BCUT2D eigenvalue weighted by atomic mass is 10.0. The first kappa shape index (κ1) is 15.8. The lowest BCUT2D eigenvalue weighted by molar-refractivity contribution is 0.723. The molecule has 1 atom stereocenters. The lowest BCUT2D eigenvalue weighted by Crippen LogP contribution is -2.31. The van der Waals surface area contributed by atoms with E-state index in [0.717, 1.165) is 22.8 Å². The second kappa shape index (κ2) is 7.43. The molecule has 0 amide bonds. The van der Waals surface area contributed by atoms with Crippen molar-refractivity contribution in [3.63, 3.8) is 0 Å². The first-order valence-corrected chi connectivity index (χ1v) is 7.71. The predicted molar refractivity (Wildman–Crippen MR) is 95.3 cm³/mol. The fraction of sp³-hybridized carbons (Fsp3) is 0.235. The Labute approximate surface area is 136 Å². The van der Waals surface area contributed by atoms with Crippen LogP contribution in [0.2, 0.25) is 5.02 Å². The number of nitrogens with one attached hydrogen (secondary N) is 2. The molecule has 0 fully saturated rings. The summed E-state index contributed by atoms with van der Waals surface area (Å²) in [7, 11) is 0. The highest BCUT2D eigenvalue weighted by Gasteiger charge is 2.06. The van der Waals surface area contributed by atoms with E-state index in [-0.39, 0.29) is 0 Å². The van der Waals surface area contributed by atoms with Crippen molar-refractivity contribution >= 4 is 34.6 Å². The molecule has 2 nitrogen and oxygen atoms in total. The SMILES string of the molecule is Cc1ccc(NC(=S)NC[C@@H](C)c2ccccc2)cc1Cl. The van der Waals surface area contributed by atoms with E-state index < -0.39 is 0 Å². The molecule has 0 aliphatic rings. The van der Waals surface area contributed by atoms with Gasteiger partial charge >= 0.3 is 0 Å². The average Bonchev–Trinajstić information content (AvgIpc) is 2.49. The number of rotatable bonds is 4. The zero-order valence-corrected chi connectivity index (χ0v) is 13.8. The van der Waals surface area contributed by atoms with Crippen LogP contribution in [-0.2, 0) is 0 Å². The molecule has 0 saturated heterocycles. The van der Waals surface area contributed by atoms with E-state index in [1.807, 2.05) is 31.2 Å². The Balaban J connectivity index is 1.86. The fourth-order valence-electron chi connectivity index (χ4n) is 1.99. The van der Waals surface area contributed by atoms with Gasteiger partial charge in [0.2, 0.25) is 0 Å². The van der Waals surface area contributed by atoms with Gasteiger partial charge in [-0.2, -0.15) is 0 Å². The summed E-state index contributed by atoms with van der Waals surface area (Å²) in [5.41, 5.74) is 3.25. The third-order valence-electron chi connectivity index (χ3n) is 3.37. The number of benzene rings is 2. The fourth-order valence-corrected chi connectivity index (χ4v) is 2.37. The highest BCUT2D eigenvalue weighted by atomic mass is 35.5. The monoisotopic (exact) mass is 318 g/mol. The normalized spacial score (nSPS) is 11.8. The molecular formula is C17H19ClN2S. The van der Waals surface area contributed by atoms with Crippen molar-refractivity contribution in [2.45, 2.75) is 19.8 Å². The topological polar surface area (TPSA) is 24.1 Å². The smallest absolute Gasteiger partial charge is 0.170 e. The van der Waals surface area contributed by atoms with E-state index in [9.17, 15) is 0 Å². The van der Waals surface area contributed by atoms with E-state index in [1.54, 1.807) is 0 Å². The zero-order valence-electron chi connectivity index (χ0n) is 12.2. The summed E-state index contributed by atoms with van der Waals surface area (Å²) in [6, 6.07) is 16.2. The molecule has 0 spiro atoms. The van der Waals surface area contributed by atoms with Crippen LogP contribution in [0.25, 0.3) is 0 Å². The molecule has 0 heterocycles. The summed E-state index contributed by atoms with van der Waals surface area (Å²) >= 11 is 11.4. The molecule has 2 aromatic carbocycles. The Morgan fingerprint density at radius 2 is 1.90 bits per heavy atom. The minimum absolute atomic E-state index is 0.396. The molecule has 0 saturated carbocycles. The first-order chi connectivity index (χ1) is 10.1. The molecule has 2 rings (SSSR count). The highest BCUT2D eigenvalue weighted by molar-refractivity contribution is 7.80. The van der Waals surface area contributed by atoms with Crippen LogP contribution in [0.1, 0.15) is 24.0 Å². The largest absolute Gasteiger partial charge is 0.362 e. The average molecular weight is 319 g/mol. The van der Waals surface area contributed by atoms with Crippen LogP contribution >= 0.6 is 23.8 Å². The number of hydrogen-bond donors (Lipinski definition) is 2. The maximum atomic E-state index is 6.10. The van der Waals surface area contributed by atoms with E-state index in [4.69, 9.17) is 23.8 Å². The van der Waals surface area contributed by atoms with Crippen LogP contribution in [0.15, 0.2) is 48.5 Å². The van der Waals surface area contributed by atoms with Gasteiger partial charge in [0.05, 0.1) is 0 Å². The summed E-state index contributed by atoms with van der Waals surface area (Å²) in [5.74, 6) is 0.396. The summed E-state index contributed by atoms with van der Waals surface area (Å²) in [6.45, 7) is 4.94. The zero-order chi connectivity index (χ0) is 15.2. The minimum Gasteiger partial charge on any atom is -0.362 e. The maximum Gasteiger partial charge on any atom is 0.170 e. The predicted octanol–water partition coefficient (Wildman–Crippen LogP) is 4.74. The van der Waals surface area contributed by atoms with Crippen molar-refractivity contribution in [1.29, 1.82) is 0 Å². The van der Waals surface area contributed by atoms with Crippen molar-refractivity contribution in [1.82, 2.24) is 5.32 Å². The van der Waals surface area contributed by atoms with Crippen molar-refractivity contribution < 1.29 is 0 Å². The van der Waals surface area contributed by atoms with Crippen molar-refractivity contribution in [2.75, 3.05) is 11.9 Å². The van der Waals surface area contributed by atoms with E-state index >= 15 is 0 Å². The third-order valence-corrected chi connectivity index (χ3v) is 4.02. The van der Waals surface area contributed by atoms with Crippen LogP contribution in [-0.4, -0.2) is 11.7 Å². The number of halogens is 1. The van der Waals surface area contributed by atoms with Crippen LogP contribution in [0.5, 0.6) is 0 Å². The van der Waals surface area contributed by atoms with Gasteiger partial charge in [-0.15, -0.1) is 0 Å². The van der Waals surface area contributed by atoms with Crippen LogP contribution in [0, 0.1) is 6.92 Å². The maximum absolute atomic E-state index is 6.10. The third kappa shape index (κ3) is 4.73. The molecule has 0 aliphatic carbocycles. The summed E-state index contributed by atoms with van der Waals surface area (Å²) < 4.78 is 0. The van der Waals surface area contributed by atoms with Crippen molar-refractivity contribution in [3.05, 3.63) is 64.7 Å². The molecule has 0 radical (unpaired) electrons. The molecule has 2 aromatic rings. The van der Waals surface area contributed by atoms with Gasteiger partial charge in [0, 0.05) is 17.3 Å². The van der Waals surface area contributed by atoms with E-state index in [2.05, 4.69) is 41.8 Å². The highest BCUT2D eigenvalue weighted by Crippen LogP contribution is 2.20. The minimum atomic E-state index is 0.396. The second-order valence-electron chi connectivity index (χ2n) is 5.11. The molecule has 2 N–H and O–H groups in total.